The Bertz CT molecular complexity index is 3280. The van der Waals surface area contributed by atoms with E-state index in [-0.39, 0.29) is 46.4 Å². The molecule has 0 fully saturated rings. The predicted octanol–water partition coefficient (Wildman–Crippen LogP) is -1.23. The number of benzene rings is 2. The van der Waals surface area contributed by atoms with Gasteiger partial charge in [0.25, 0.3) is 22.2 Å². The summed E-state index contributed by atoms with van der Waals surface area (Å²) in [4.78, 5) is 65.7. The first-order valence-corrected chi connectivity index (χ1v) is 20.5. The van der Waals surface area contributed by atoms with Crippen molar-refractivity contribution in [3.8, 4) is 0 Å². The standard InChI is InChI=1S/2C18H19N13O2/c1-3-12(7-30-23-9-21-26-30)28-10-19-15-4-14-16(5-13(15)17(28)32)24-27-31(18(14)33)11(2)6-29-22-8-20-25-29;1-3-12(7-28-10-21-24-27-28)29-9-19-15-4-14-16(5-13(15)17(29)32)23-26-31(18(14)33)11(2)6-30-22-8-20-25-30/h2*4-5,8-12H,3,6-7H2,1-2H3/t2*11-,12-/m11/s1. The summed E-state index contributed by atoms with van der Waals surface area (Å²) in [5.74, 6) is 0. The number of tetrazole rings is 4. The van der Waals surface area contributed by atoms with Crippen molar-refractivity contribution >= 4 is 43.6 Å². The van der Waals surface area contributed by atoms with Crippen LogP contribution in [0.2, 0.25) is 0 Å². The van der Waals surface area contributed by atoms with Crippen molar-refractivity contribution in [3.63, 3.8) is 0 Å². The number of rotatable bonds is 14. The van der Waals surface area contributed by atoms with Gasteiger partial charge in [-0.1, -0.05) is 24.3 Å². The second-order valence-corrected chi connectivity index (χ2v) is 15.2. The van der Waals surface area contributed by atoms with E-state index in [2.05, 4.69) is 92.3 Å². The molecule has 0 saturated heterocycles. The fraction of sp³-hybridized carbons (Fsp3) is 0.389. The van der Waals surface area contributed by atoms with Gasteiger partial charge >= 0.3 is 0 Å². The van der Waals surface area contributed by atoms with Crippen molar-refractivity contribution in [1.82, 2.24) is 130 Å². The Hall–Kier alpha value is -8.86. The minimum atomic E-state index is -0.365. The maximum atomic E-state index is 13.2. The molecule has 8 heterocycles. The largest absolute Gasteiger partial charge is 0.294 e. The average molecular weight is 899 g/mol. The number of hydrogen-bond acceptors (Lipinski definition) is 22. The molecule has 0 bridgehead atoms. The van der Waals surface area contributed by atoms with Crippen LogP contribution in [-0.2, 0) is 26.2 Å². The molecule has 0 unspecified atom stereocenters. The summed E-state index contributed by atoms with van der Waals surface area (Å²) in [5, 5.41) is 63.3. The Morgan fingerprint density at radius 2 is 0.894 bits per heavy atom. The van der Waals surface area contributed by atoms with Crippen molar-refractivity contribution in [2.24, 2.45) is 0 Å². The van der Waals surface area contributed by atoms with Crippen molar-refractivity contribution in [2.45, 2.75) is 90.9 Å². The lowest BCUT2D eigenvalue weighted by Crippen LogP contribution is -2.30. The Morgan fingerprint density at radius 1 is 0.470 bits per heavy atom. The lowest BCUT2D eigenvalue weighted by Gasteiger charge is -2.17. The van der Waals surface area contributed by atoms with Crippen LogP contribution in [0.5, 0.6) is 0 Å². The molecule has 10 rings (SSSR count). The van der Waals surface area contributed by atoms with E-state index in [1.165, 1.54) is 61.7 Å². The van der Waals surface area contributed by atoms with Gasteiger partial charge in [-0.2, -0.15) is 14.4 Å². The first-order valence-electron chi connectivity index (χ1n) is 20.5. The van der Waals surface area contributed by atoms with Crippen LogP contribution in [0.15, 0.2) is 81.4 Å². The molecule has 4 atom stereocenters. The third-order valence-electron chi connectivity index (χ3n) is 10.9. The third-order valence-corrected chi connectivity index (χ3v) is 10.9. The van der Waals surface area contributed by atoms with Crippen LogP contribution in [0, 0.1) is 0 Å². The lowest BCUT2D eigenvalue weighted by molar-refractivity contribution is 0.354. The second kappa shape index (κ2) is 18.1. The van der Waals surface area contributed by atoms with Gasteiger partial charge in [0.1, 0.15) is 17.4 Å². The minimum Gasteiger partial charge on any atom is -0.294 e. The molecule has 0 saturated carbocycles. The molecule has 0 radical (unpaired) electrons. The van der Waals surface area contributed by atoms with Gasteiger partial charge < -0.3 is 0 Å². The molecule has 30 heteroatoms. The van der Waals surface area contributed by atoms with Crippen molar-refractivity contribution in [1.29, 1.82) is 0 Å². The van der Waals surface area contributed by atoms with E-state index in [0.717, 1.165) is 0 Å². The fourth-order valence-electron chi connectivity index (χ4n) is 7.41. The van der Waals surface area contributed by atoms with Gasteiger partial charge in [-0.3, -0.25) is 28.3 Å². The lowest BCUT2D eigenvalue weighted by atomic mass is 10.1. The van der Waals surface area contributed by atoms with Crippen LogP contribution < -0.4 is 22.2 Å². The highest BCUT2D eigenvalue weighted by atomic mass is 16.1. The quantitative estimate of drug-likeness (QED) is 0.115. The van der Waals surface area contributed by atoms with Crippen LogP contribution in [0.25, 0.3) is 43.6 Å². The molecular weight excluding hydrogens is 861 g/mol. The van der Waals surface area contributed by atoms with Crippen molar-refractivity contribution in [3.05, 3.63) is 104 Å². The zero-order valence-corrected chi connectivity index (χ0v) is 35.6. The first kappa shape index (κ1) is 42.4. The maximum absolute atomic E-state index is 13.2. The number of fused-ring (bicyclic) bond motifs is 4. The van der Waals surface area contributed by atoms with Gasteiger partial charge in [-0.15, -0.1) is 45.9 Å². The van der Waals surface area contributed by atoms with E-state index in [1.54, 1.807) is 51.9 Å². The summed E-state index contributed by atoms with van der Waals surface area (Å²) in [5.41, 5.74) is 0.277. The number of nitrogens with zero attached hydrogens (tertiary/aromatic N) is 26. The van der Waals surface area contributed by atoms with Gasteiger partial charge in [0.15, 0.2) is 19.0 Å². The second-order valence-electron chi connectivity index (χ2n) is 15.2. The molecule has 0 amide bonds. The Kier molecular flexibility index (Phi) is 11.6. The molecule has 66 heavy (non-hydrogen) atoms. The van der Waals surface area contributed by atoms with E-state index in [1.807, 2.05) is 13.8 Å². The van der Waals surface area contributed by atoms with Crippen LogP contribution in [0.3, 0.4) is 0 Å². The molecule has 10 aromatic rings. The molecule has 30 nitrogen and oxygen atoms in total. The molecule has 0 N–H and O–H groups in total. The highest BCUT2D eigenvalue weighted by Crippen LogP contribution is 2.20. The Balaban J connectivity index is 0.000000166. The summed E-state index contributed by atoms with van der Waals surface area (Å²) in [6, 6.07) is 5.12. The molecule has 0 aliphatic carbocycles. The normalized spacial score (nSPS) is 13.5. The number of hydrogen-bond donors (Lipinski definition) is 0. The van der Waals surface area contributed by atoms with Gasteiger partial charge in [0.05, 0.1) is 95.6 Å². The topological polar surface area (TPSA) is 340 Å². The van der Waals surface area contributed by atoms with E-state index >= 15 is 0 Å². The SMILES string of the molecule is CC[C@H](Cn1cnnn1)n1cnc2cc3c(=O)n([C@H](C)Cn4ncnn4)nnc3cc2c1=O.CC[C@H](Cn1ncnn1)n1cnc2cc3c(=O)n([C@H](C)Cn4ncnn4)nnc3cc2c1=O. The van der Waals surface area contributed by atoms with E-state index in [9.17, 15) is 19.2 Å². The Morgan fingerprint density at radius 3 is 1.30 bits per heavy atom. The fourth-order valence-corrected chi connectivity index (χ4v) is 7.41. The number of aromatic nitrogens is 26. The molecule has 0 aliphatic heterocycles. The molecule has 336 valence electrons. The van der Waals surface area contributed by atoms with Crippen molar-refractivity contribution in [2.75, 3.05) is 0 Å². The summed E-state index contributed by atoms with van der Waals surface area (Å²) in [7, 11) is 0. The van der Waals surface area contributed by atoms with E-state index in [0.29, 0.717) is 82.6 Å². The summed E-state index contributed by atoms with van der Waals surface area (Å²) < 4.78 is 7.18. The van der Waals surface area contributed by atoms with Gasteiger partial charge in [-0.25, -0.2) is 24.0 Å². The molecule has 0 aliphatic rings. The predicted molar refractivity (Wildman–Crippen MR) is 226 cm³/mol. The summed E-state index contributed by atoms with van der Waals surface area (Å²) in [6.45, 7) is 8.94. The third kappa shape index (κ3) is 8.35. The highest BCUT2D eigenvalue weighted by Gasteiger charge is 2.20. The summed E-state index contributed by atoms with van der Waals surface area (Å²) in [6.07, 6.45) is 9.77. The molecule has 8 aromatic heterocycles. The molecule has 2 aromatic carbocycles. The highest BCUT2D eigenvalue weighted by molar-refractivity contribution is 5.94. The van der Waals surface area contributed by atoms with Gasteiger partial charge in [0.2, 0.25) is 0 Å². The van der Waals surface area contributed by atoms with Crippen LogP contribution in [0.1, 0.15) is 64.7 Å². The van der Waals surface area contributed by atoms with Gasteiger partial charge in [-0.05, 0) is 77.0 Å². The smallest absolute Gasteiger partial charge is 0.277 e. The minimum absolute atomic E-state index is 0.195. The zero-order valence-electron chi connectivity index (χ0n) is 35.6. The monoisotopic (exact) mass is 898 g/mol. The zero-order chi connectivity index (χ0) is 45.9. The van der Waals surface area contributed by atoms with E-state index < -0.39 is 0 Å². The van der Waals surface area contributed by atoms with Crippen LogP contribution in [0.4, 0.5) is 0 Å². The summed E-state index contributed by atoms with van der Waals surface area (Å²) >= 11 is 0. The van der Waals surface area contributed by atoms with Crippen LogP contribution >= 0.6 is 0 Å². The Labute approximate surface area is 367 Å². The van der Waals surface area contributed by atoms with Crippen LogP contribution in [-0.4, -0.2) is 130 Å². The average Bonchev–Trinajstić information content (AvgIpc) is 4.19. The van der Waals surface area contributed by atoms with Gasteiger partial charge in [0, 0.05) is 0 Å². The van der Waals surface area contributed by atoms with Crippen molar-refractivity contribution < 1.29 is 0 Å². The van der Waals surface area contributed by atoms with E-state index in [4.69, 9.17) is 0 Å². The maximum Gasteiger partial charge on any atom is 0.277 e. The molecule has 0 spiro atoms. The first-order chi connectivity index (χ1) is 32.1. The molecular formula is C36H38N26O4.